The minimum atomic E-state index is -3.61. The summed E-state index contributed by atoms with van der Waals surface area (Å²) in [6.45, 7) is 2.86. The zero-order valence-electron chi connectivity index (χ0n) is 20.2. The van der Waals surface area contributed by atoms with Crippen molar-refractivity contribution in [3.63, 3.8) is 0 Å². The van der Waals surface area contributed by atoms with Gasteiger partial charge in [-0.15, -0.1) is 0 Å². The Morgan fingerprint density at radius 2 is 1.67 bits per heavy atom. The summed E-state index contributed by atoms with van der Waals surface area (Å²) in [6, 6.07) is 24.0. The Hall–Kier alpha value is -3.49. The van der Waals surface area contributed by atoms with Crippen molar-refractivity contribution in [3.05, 3.63) is 90.3 Å². The largest absolute Gasteiger partial charge is 0.342 e. The maximum atomic E-state index is 13.3. The van der Waals surface area contributed by atoms with Crippen LogP contribution in [0, 0.1) is 0 Å². The number of anilines is 1. The van der Waals surface area contributed by atoms with Gasteiger partial charge in [0.15, 0.2) is 0 Å². The molecule has 0 bridgehead atoms. The molecule has 1 fully saturated rings. The molecule has 4 aromatic rings. The van der Waals surface area contributed by atoms with E-state index in [1.54, 1.807) is 28.6 Å². The summed E-state index contributed by atoms with van der Waals surface area (Å²) >= 11 is 0. The Balaban J connectivity index is 1.22. The van der Waals surface area contributed by atoms with E-state index >= 15 is 0 Å². The zero-order valence-corrected chi connectivity index (χ0v) is 21.0. The minimum Gasteiger partial charge on any atom is -0.342 e. The molecule has 1 unspecified atom stereocenters. The van der Waals surface area contributed by atoms with Crippen LogP contribution in [0.25, 0.3) is 11.0 Å². The molecule has 1 aliphatic heterocycles. The number of carbonyl (C=O) groups excluding carboxylic acids is 1. The fraction of sp³-hybridized carbons (Fsp3) is 0.286. The summed E-state index contributed by atoms with van der Waals surface area (Å²) < 4.78 is 28.1. The maximum Gasteiger partial charge on any atom is 0.243 e. The van der Waals surface area contributed by atoms with E-state index in [1.165, 1.54) is 0 Å². The van der Waals surface area contributed by atoms with E-state index in [9.17, 15) is 13.2 Å². The van der Waals surface area contributed by atoms with E-state index in [4.69, 9.17) is 4.98 Å². The number of para-hydroxylation sites is 2. The number of carbonyl (C=O) groups is 1. The fourth-order valence-electron chi connectivity index (χ4n) is 4.88. The van der Waals surface area contributed by atoms with Gasteiger partial charge < -0.3 is 10.3 Å². The lowest BCUT2D eigenvalue weighted by Crippen LogP contribution is -2.38. The van der Waals surface area contributed by atoms with Gasteiger partial charge in [-0.2, -0.15) is 4.31 Å². The summed E-state index contributed by atoms with van der Waals surface area (Å²) in [5, 5.41) is 2.93. The number of aromatic amines is 1. The Kier molecular flexibility index (Phi) is 6.89. The number of nitrogens with zero attached hydrogens (tertiary/aromatic N) is 2. The lowest BCUT2D eigenvalue weighted by molar-refractivity contribution is -0.117. The molecule has 8 heteroatoms. The Bertz CT molecular complexity index is 1410. The first kappa shape index (κ1) is 24.2. The number of piperidine rings is 1. The summed E-state index contributed by atoms with van der Waals surface area (Å²) in [4.78, 5) is 21.1. The molecule has 0 aliphatic carbocycles. The highest BCUT2D eigenvalue weighted by atomic mass is 32.2. The van der Waals surface area contributed by atoms with Gasteiger partial charge >= 0.3 is 0 Å². The summed E-state index contributed by atoms with van der Waals surface area (Å²) in [5.74, 6) is 0.765. The molecule has 0 spiro atoms. The molecular weight excluding hydrogens is 472 g/mol. The van der Waals surface area contributed by atoms with E-state index in [0.717, 1.165) is 22.4 Å². The van der Waals surface area contributed by atoms with Gasteiger partial charge in [-0.05, 0) is 61.2 Å². The number of aromatic nitrogens is 2. The second-order valence-corrected chi connectivity index (χ2v) is 11.1. The number of rotatable bonds is 7. The molecule has 5 rings (SSSR count). The molecule has 3 aromatic carbocycles. The number of fused-ring (bicyclic) bond motifs is 1. The van der Waals surface area contributed by atoms with Crippen LogP contribution in [0.3, 0.4) is 0 Å². The molecule has 1 saturated heterocycles. The highest BCUT2D eigenvalue weighted by Gasteiger charge is 2.31. The quantitative estimate of drug-likeness (QED) is 0.360. The van der Waals surface area contributed by atoms with Crippen molar-refractivity contribution in [2.45, 2.75) is 42.9 Å². The molecular formula is C28H30N4O3S. The van der Waals surface area contributed by atoms with Gasteiger partial charge in [-0.25, -0.2) is 13.4 Å². The molecule has 0 saturated carbocycles. The standard InChI is InChI=1S/C28H30N4O3S/c1-2-24(20-8-4-3-5-9-20)28(33)29-22-12-14-23(15-13-22)36(34,35)32-18-16-21(17-19-32)27-30-25-10-6-7-11-26(25)31-27/h3-15,21,24H,2,16-19H2,1H3,(H,29,33)(H,30,31). The van der Waals surface area contributed by atoms with Crippen LogP contribution in [-0.2, 0) is 14.8 Å². The van der Waals surface area contributed by atoms with Crippen LogP contribution in [0.5, 0.6) is 0 Å². The van der Waals surface area contributed by atoms with Crippen LogP contribution in [0.15, 0.2) is 83.8 Å². The predicted octanol–water partition coefficient (Wildman–Crippen LogP) is 5.26. The van der Waals surface area contributed by atoms with Gasteiger partial charge in [0, 0.05) is 24.7 Å². The lowest BCUT2D eigenvalue weighted by Gasteiger charge is -2.30. The van der Waals surface area contributed by atoms with E-state index in [2.05, 4.69) is 10.3 Å². The molecule has 1 aliphatic rings. The minimum absolute atomic E-state index is 0.105. The Labute approximate surface area is 211 Å². The smallest absolute Gasteiger partial charge is 0.243 e. The van der Waals surface area contributed by atoms with Crippen LogP contribution in [0.2, 0.25) is 0 Å². The van der Waals surface area contributed by atoms with Gasteiger partial charge in [-0.1, -0.05) is 49.4 Å². The van der Waals surface area contributed by atoms with Crippen LogP contribution in [-0.4, -0.2) is 41.7 Å². The van der Waals surface area contributed by atoms with Crippen molar-refractivity contribution in [1.29, 1.82) is 0 Å². The second kappa shape index (κ2) is 10.2. The fourth-order valence-corrected chi connectivity index (χ4v) is 6.35. The van der Waals surface area contributed by atoms with E-state index < -0.39 is 10.0 Å². The average Bonchev–Trinajstić information content (AvgIpc) is 3.35. The summed E-state index contributed by atoms with van der Waals surface area (Å²) in [5.41, 5.74) is 3.48. The first-order chi connectivity index (χ1) is 17.5. The number of sulfonamides is 1. The van der Waals surface area contributed by atoms with Gasteiger partial charge in [0.2, 0.25) is 15.9 Å². The summed E-state index contributed by atoms with van der Waals surface area (Å²) in [7, 11) is -3.61. The van der Waals surface area contributed by atoms with E-state index in [0.29, 0.717) is 38.0 Å². The number of nitrogens with one attached hydrogen (secondary N) is 2. The molecule has 1 aromatic heterocycles. The molecule has 186 valence electrons. The summed E-state index contributed by atoms with van der Waals surface area (Å²) in [6.07, 6.45) is 2.10. The lowest BCUT2D eigenvalue weighted by atomic mass is 9.95. The first-order valence-corrected chi connectivity index (χ1v) is 13.8. The second-order valence-electron chi connectivity index (χ2n) is 9.20. The molecule has 7 nitrogen and oxygen atoms in total. The molecule has 1 atom stereocenters. The normalized spacial score (nSPS) is 16.1. The highest BCUT2D eigenvalue weighted by molar-refractivity contribution is 7.89. The number of hydrogen-bond acceptors (Lipinski definition) is 4. The third-order valence-electron chi connectivity index (χ3n) is 6.93. The van der Waals surface area contributed by atoms with Crippen LogP contribution < -0.4 is 5.32 Å². The average molecular weight is 503 g/mol. The van der Waals surface area contributed by atoms with Gasteiger partial charge in [0.1, 0.15) is 5.82 Å². The molecule has 36 heavy (non-hydrogen) atoms. The van der Waals surface area contributed by atoms with Crippen molar-refractivity contribution in [3.8, 4) is 0 Å². The molecule has 2 N–H and O–H groups in total. The predicted molar refractivity (Wildman–Crippen MR) is 141 cm³/mol. The van der Waals surface area contributed by atoms with Crippen LogP contribution in [0.4, 0.5) is 5.69 Å². The molecule has 1 amide bonds. The SMILES string of the molecule is CCC(C(=O)Nc1ccc(S(=O)(=O)N2CCC(c3nc4ccccc4[nH]3)CC2)cc1)c1ccccc1. The number of imidazole rings is 1. The number of amides is 1. The van der Waals surface area contributed by atoms with Crippen LogP contribution >= 0.6 is 0 Å². The van der Waals surface area contributed by atoms with Crippen molar-refractivity contribution in [1.82, 2.24) is 14.3 Å². The molecule has 2 heterocycles. The third-order valence-corrected chi connectivity index (χ3v) is 8.85. The number of H-pyrrole nitrogens is 1. The van der Waals surface area contributed by atoms with Crippen LogP contribution in [0.1, 0.15) is 49.4 Å². The first-order valence-electron chi connectivity index (χ1n) is 12.4. The van der Waals surface area contributed by atoms with Crippen molar-refractivity contribution >= 4 is 32.7 Å². The topological polar surface area (TPSA) is 95.2 Å². The van der Waals surface area contributed by atoms with Crippen molar-refractivity contribution in [2.75, 3.05) is 18.4 Å². The Morgan fingerprint density at radius 1 is 1.00 bits per heavy atom. The van der Waals surface area contributed by atoms with Gasteiger partial charge in [-0.3, -0.25) is 4.79 Å². The highest BCUT2D eigenvalue weighted by Crippen LogP contribution is 2.31. The zero-order chi connectivity index (χ0) is 25.1. The van der Waals surface area contributed by atoms with Gasteiger partial charge in [0.05, 0.1) is 21.8 Å². The van der Waals surface area contributed by atoms with Gasteiger partial charge in [0.25, 0.3) is 0 Å². The van der Waals surface area contributed by atoms with Crippen molar-refractivity contribution < 1.29 is 13.2 Å². The van der Waals surface area contributed by atoms with Crippen molar-refractivity contribution in [2.24, 2.45) is 0 Å². The monoisotopic (exact) mass is 502 g/mol. The third kappa shape index (κ3) is 4.92. The Morgan fingerprint density at radius 3 is 2.33 bits per heavy atom. The maximum absolute atomic E-state index is 13.3. The molecule has 0 radical (unpaired) electrons. The number of hydrogen-bond donors (Lipinski definition) is 2. The van der Waals surface area contributed by atoms with E-state index in [1.807, 2.05) is 61.5 Å². The number of benzene rings is 3. The van der Waals surface area contributed by atoms with E-state index in [-0.39, 0.29) is 22.6 Å².